The van der Waals surface area contributed by atoms with Crippen LogP contribution in [0.2, 0.25) is 0 Å². The summed E-state index contributed by atoms with van der Waals surface area (Å²) in [5, 5.41) is 9.83. The molecule has 0 amide bonds. The van der Waals surface area contributed by atoms with E-state index in [1.54, 1.807) is 11.8 Å². The molecular formula is C15H22O2S. The number of hydrogen-bond donors (Lipinski definition) is 1. The molecule has 1 aromatic rings. The number of benzene rings is 1. The SMILES string of the molecule is CC(C)CC(C(=O)O)c1ccc(SC(C)C)cc1. The third-order valence-corrected chi connectivity index (χ3v) is 3.68. The standard InChI is InChI=1S/C15H22O2S/c1-10(2)9-14(15(16)17)12-5-7-13(8-6-12)18-11(3)4/h5-8,10-11,14H,9H2,1-4H3,(H,16,17). The van der Waals surface area contributed by atoms with Crippen LogP contribution in [0.5, 0.6) is 0 Å². The summed E-state index contributed by atoms with van der Waals surface area (Å²) in [6.07, 6.45) is 0.687. The van der Waals surface area contributed by atoms with Gasteiger partial charge in [0.15, 0.2) is 0 Å². The zero-order valence-electron chi connectivity index (χ0n) is 11.5. The predicted octanol–water partition coefficient (Wildman–Crippen LogP) is 4.40. The zero-order valence-corrected chi connectivity index (χ0v) is 12.3. The maximum absolute atomic E-state index is 11.3. The Morgan fingerprint density at radius 2 is 1.72 bits per heavy atom. The molecule has 0 aliphatic rings. The highest BCUT2D eigenvalue weighted by Gasteiger charge is 2.20. The van der Waals surface area contributed by atoms with Gasteiger partial charge in [0, 0.05) is 10.1 Å². The lowest BCUT2D eigenvalue weighted by molar-refractivity contribution is -0.139. The summed E-state index contributed by atoms with van der Waals surface area (Å²) in [7, 11) is 0. The first-order valence-electron chi connectivity index (χ1n) is 6.39. The van der Waals surface area contributed by atoms with Crippen molar-refractivity contribution in [3.05, 3.63) is 29.8 Å². The fourth-order valence-corrected chi connectivity index (χ4v) is 2.74. The van der Waals surface area contributed by atoms with E-state index in [0.29, 0.717) is 17.6 Å². The van der Waals surface area contributed by atoms with Crippen molar-refractivity contribution in [3.63, 3.8) is 0 Å². The second-order valence-corrected chi connectivity index (χ2v) is 6.91. The molecule has 100 valence electrons. The normalized spacial score (nSPS) is 13.0. The van der Waals surface area contributed by atoms with E-state index < -0.39 is 5.97 Å². The van der Waals surface area contributed by atoms with E-state index >= 15 is 0 Å². The Bertz CT molecular complexity index is 382. The van der Waals surface area contributed by atoms with Crippen LogP contribution in [0.1, 0.15) is 45.6 Å². The summed E-state index contributed by atoms with van der Waals surface area (Å²) < 4.78 is 0. The molecule has 0 radical (unpaired) electrons. The summed E-state index contributed by atoms with van der Waals surface area (Å²) in [6, 6.07) is 7.95. The number of thioether (sulfide) groups is 1. The lowest BCUT2D eigenvalue weighted by Crippen LogP contribution is -2.13. The number of carboxylic acid groups (broad SMARTS) is 1. The second-order valence-electron chi connectivity index (χ2n) is 5.26. The van der Waals surface area contributed by atoms with Gasteiger partial charge in [0.2, 0.25) is 0 Å². The van der Waals surface area contributed by atoms with Crippen LogP contribution >= 0.6 is 11.8 Å². The van der Waals surface area contributed by atoms with Crippen LogP contribution < -0.4 is 0 Å². The molecule has 0 aromatic heterocycles. The first kappa shape index (κ1) is 15.1. The van der Waals surface area contributed by atoms with Gasteiger partial charge in [-0.1, -0.05) is 39.8 Å². The van der Waals surface area contributed by atoms with Crippen LogP contribution in [0.3, 0.4) is 0 Å². The molecule has 1 aromatic carbocycles. The first-order valence-corrected chi connectivity index (χ1v) is 7.27. The molecule has 1 unspecified atom stereocenters. The van der Waals surface area contributed by atoms with Gasteiger partial charge in [-0.2, -0.15) is 0 Å². The molecule has 2 nitrogen and oxygen atoms in total. The molecule has 1 atom stereocenters. The van der Waals surface area contributed by atoms with Gasteiger partial charge in [0.05, 0.1) is 5.92 Å². The number of carbonyl (C=O) groups is 1. The van der Waals surface area contributed by atoms with Crippen molar-refractivity contribution in [2.75, 3.05) is 0 Å². The molecule has 18 heavy (non-hydrogen) atoms. The second kappa shape index (κ2) is 6.83. The largest absolute Gasteiger partial charge is 0.481 e. The van der Waals surface area contributed by atoms with Gasteiger partial charge in [-0.25, -0.2) is 0 Å². The van der Waals surface area contributed by atoms with Crippen LogP contribution in [0.4, 0.5) is 0 Å². The molecule has 0 saturated heterocycles. The van der Waals surface area contributed by atoms with Gasteiger partial charge in [-0.3, -0.25) is 4.79 Å². The molecule has 0 bridgehead atoms. The summed E-state index contributed by atoms with van der Waals surface area (Å²) in [5.74, 6) is -0.730. The summed E-state index contributed by atoms with van der Waals surface area (Å²) >= 11 is 1.79. The van der Waals surface area contributed by atoms with Crippen LogP contribution in [-0.4, -0.2) is 16.3 Å². The first-order chi connectivity index (χ1) is 8.40. The van der Waals surface area contributed by atoms with Gasteiger partial charge >= 0.3 is 5.97 Å². The fourth-order valence-electron chi connectivity index (χ4n) is 1.90. The maximum atomic E-state index is 11.3. The van der Waals surface area contributed by atoms with Crippen LogP contribution in [-0.2, 0) is 4.79 Å². The highest BCUT2D eigenvalue weighted by Crippen LogP contribution is 2.28. The molecule has 0 heterocycles. The van der Waals surface area contributed by atoms with Crippen LogP contribution in [0.25, 0.3) is 0 Å². The van der Waals surface area contributed by atoms with E-state index in [1.165, 1.54) is 4.90 Å². The van der Waals surface area contributed by atoms with Crippen molar-refractivity contribution in [3.8, 4) is 0 Å². The minimum Gasteiger partial charge on any atom is -0.481 e. The Morgan fingerprint density at radius 3 is 2.11 bits per heavy atom. The lowest BCUT2D eigenvalue weighted by Gasteiger charge is -2.15. The van der Waals surface area contributed by atoms with Gasteiger partial charge < -0.3 is 5.11 Å². The van der Waals surface area contributed by atoms with E-state index in [4.69, 9.17) is 0 Å². The van der Waals surface area contributed by atoms with Crippen molar-refractivity contribution in [2.24, 2.45) is 5.92 Å². The van der Waals surface area contributed by atoms with Gasteiger partial charge in [-0.15, -0.1) is 11.8 Å². The highest BCUT2D eigenvalue weighted by molar-refractivity contribution is 7.99. The lowest BCUT2D eigenvalue weighted by atomic mass is 9.90. The van der Waals surface area contributed by atoms with Crippen molar-refractivity contribution in [2.45, 2.75) is 50.2 Å². The topological polar surface area (TPSA) is 37.3 Å². The Balaban J connectivity index is 2.83. The minimum atomic E-state index is -0.729. The molecular weight excluding hydrogens is 244 g/mol. The number of carboxylic acids is 1. The average Bonchev–Trinajstić information content (AvgIpc) is 2.26. The Morgan fingerprint density at radius 1 is 1.17 bits per heavy atom. The molecule has 1 N–H and O–H groups in total. The molecule has 0 spiro atoms. The third-order valence-electron chi connectivity index (χ3n) is 2.66. The third kappa shape index (κ3) is 4.73. The molecule has 0 aliphatic heterocycles. The van der Waals surface area contributed by atoms with Crippen LogP contribution in [0, 0.1) is 5.92 Å². The minimum absolute atomic E-state index is 0.385. The Labute approximate surface area is 114 Å². The number of rotatable bonds is 6. The molecule has 3 heteroatoms. The molecule has 0 fully saturated rings. The van der Waals surface area contributed by atoms with Crippen molar-refractivity contribution < 1.29 is 9.90 Å². The summed E-state index contributed by atoms with van der Waals surface area (Å²) in [4.78, 5) is 12.5. The van der Waals surface area contributed by atoms with Crippen molar-refractivity contribution in [1.29, 1.82) is 0 Å². The predicted molar refractivity (Wildman–Crippen MR) is 77.3 cm³/mol. The molecule has 1 rings (SSSR count). The summed E-state index contributed by atoms with van der Waals surface area (Å²) in [6.45, 7) is 8.41. The van der Waals surface area contributed by atoms with Gasteiger partial charge in [0.25, 0.3) is 0 Å². The monoisotopic (exact) mass is 266 g/mol. The van der Waals surface area contributed by atoms with E-state index in [-0.39, 0.29) is 5.92 Å². The Kier molecular flexibility index (Phi) is 5.73. The summed E-state index contributed by atoms with van der Waals surface area (Å²) in [5.41, 5.74) is 0.907. The number of aliphatic carboxylic acids is 1. The molecule has 0 aliphatic carbocycles. The van der Waals surface area contributed by atoms with Gasteiger partial charge in [0.1, 0.15) is 0 Å². The van der Waals surface area contributed by atoms with Gasteiger partial charge in [-0.05, 0) is 30.0 Å². The van der Waals surface area contributed by atoms with Crippen LogP contribution in [0.15, 0.2) is 29.2 Å². The molecule has 0 saturated carbocycles. The Hall–Kier alpha value is -0.960. The fraction of sp³-hybridized carbons (Fsp3) is 0.533. The van der Waals surface area contributed by atoms with E-state index in [1.807, 2.05) is 24.3 Å². The quantitative estimate of drug-likeness (QED) is 0.775. The van der Waals surface area contributed by atoms with E-state index in [9.17, 15) is 9.90 Å². The maximum Gasteiger partial charge on any atom is 0.310 e. The van der Waals surface area contributed by atoms with E-state index in [2.05, 4.69) is 27.7 Å². The van der Waals surface area contributed by atoms with Crippen molar-refractivity contribution in [1.82, 2.24) is 0 Å². The highest BCUT2D eigenvalue weighted by atomic mass is 32.2. The zero-order chi connectivity index (χ0) is 13.7. The van der Waals surface area contributed by atoms with Crippen molar-refractivity contribution >= 4 is 17.7 Å². The number of hydrogen-bond acceptors (Lipinski definition) is 2. The average molecular weight is 266 g/mol. The smallest absolute Gasteiger partial charge is 0.310 e. The van der Waals surface area contributed by atoms with E-state index in [0.717, 1.165) is 5.56 Å².